The van der Waals surface area contributed by atoms with Crippen LogP contribution in [0.2, 0.25) is 0 Å². The number of carbonyl (C=O) groups is 3. The third-order valence-electron chi connectivity index (χ3n) is 4.84. The van der Waals surface area contributed by atoms with Gasteiger partial charge in [-0.25, -0.2) is 9.37 Å². The maximum Gasteiger partial charge on any atom is 0.273 e. The van der Waals surface area contributed by atoms with E-state index < -0.39 is 29.5 Å². The Labute approximate surface area is 185 Å². The van der Waals surface area contributed by atoms with Gasteiger partial charge in [0.2, 0.25) is 17.5 Å². The molecule has 1 aliphatic carbocycles. The first-order valence-electron chi connectivity index (χ1n) is 9.67. The van der Waals surface area contributed by atoms with Crippen molar-refractivity contribution in [3.63, 3.8) is 0 Å². The fourth-order valence-corrected chi connectivity index (χ4v) is 3.93. The zero-order valence-corrected chi connectivity index (χ0v) is 17.7. The number of nitrogens with two attached hydrogens (primary N) is 2. The van der Waals surface area contributed by atoms with Gasteiger partial charge < -0.3 is 26.2 Å². The standard InChI is InChI=1S/C20H19FN6O4S/c1-9(18(23)29)27(12-6-2-10(21)3-7-12)20-25-17(22)16(32-20)15(28)14-8-13(26-31-14)19(30)24-11-4-5-11/h2-3,6-9,11H,4-5,22H2,1H3,(H2,23,29)(H,24,30)/t9-/m1/s1. The zero-order valence-electron chi connectivity index (χ0n) is 16.9. The summed E-state index contributed by atoms with van der Waals surface area (Å²) in [5.41, 5.74) is 11.9. The molecule has 0 saturated heterocycles. The molecule has 3 aromatic rings. The first-order valence-corrected chi connectivity index (χ1v) is 10.5. The number of carbonyl (C=O) groups excluding carboxylic acids is 3. The monoisotopic (exact) mass is 458 g/mol. The molecule has 5 N–H and O–H groups in total. The third kappa shape index (κ3) is 4.30. The van der Waals surface area contributed by atoms with E-state index in [4.69, 9.17) is 16.0 Å². The van der Waals surface area contributed by atoms with Crippen molar-refractivity contribution in [2.45, 2.75) is 31.8 Å². The molecule has 0 radical (unpaired) electrons. The second-order valence-corrected chi connectivity index (χ2v) is 8.27. The lowest BCUT2D eigenvalue weighted by Gasteiger charge is -2.26. The van der Waals surface area contributed by atoms with Crippen LogP contribution in [0.4, 0.5) is 21.0 Å². The molecular formula is C20H19FN6O4S. The minimum Gasteiger partial charge on any atom is -0.382 e. The van der Waals surface area contributed by atoms with Crippen LogP contribution in [0.5, 0.6) is 0 Å². The summed E-state index contributed by atoms with van der Waals surface area (Å²) in [4.78, 5) is 42.6. The molecular weight excluding hydrogens is 439 g/mol. The molecule has 0 spiro atoms. The van der Waals surface area contributed by atoms with Crippen LogP contribution in [0.15, 0.2) is 34.9 Å². The molecule has 0 aliphatic heterocycles. The number of ketones is 1. The normalized spacial score (nSPS) is 14.1. The number of hydrogen-bond donors (Lipinski definition) is 3. The van der Waals surface area contributed by atoms with E-state index in [1.54, 1.807) is 6.92 Å². The minimum absolute atomic E-state index is 0.0150. The van der Waals surface area contributed by atoms with Gasteiger partial charge in [0.1, 0.15) is 22.6 Å². The summed E-state index contributed by atoms with van der Waals surface area (Å²) >= 11 is 0.904. The molecule has 166 valence electrons. The number of nitrogens with zero attached hydrogens (tertiary/aromatic N) is 3. The predicted molar refractivity (Wildman–Crippen MR) is 114 cm³/mol. The van der Waals surface area contributed by atoms with E-state index in [0.29, 0.717) is 5.69 Å². The summed E-state index contributed by atoms with van der Waals surface area (Å²) in [7, 11) is 0. The Balaban J connectivity index is 1.63. The molecule has 1 aromatic carbocycles. The van der Waals surface area contributed by atoms with Crippen molar-refractivity contribution >= 4 is 45.6 Å². The van der Waals surface area contributed by atoms with Crippen LogP contribution in [-0.4, -0.2) is 39.8 Å². The predicted octanol–water partition coefficient (Wildman–Crippen LogP) is 1.99. The van der Waals surface area contributed by atoms with E-state index in [9.17, 15) is 18.8 Å². The SMILES string of the molecule is C[C@H](C(N)=O)N(c1ccc(F)cc1)c1nc(N)c(C(=O)c2cc(C(=O)NC3CC3)no2)s1. The Morgan fingerprint density at radius 2 is 1.97 bits per heavy atom. The van der Waals surface area contributed by atoms with Crippen LogP contribution in [0.3, 0.4) is 0 Å². The number of thiazole rings is 1. The first kappa shape index (κ1) is 21.4. The van der Waals surface area contributed by atoms with Gasteiger partial charge in [-0.3, -0.25) is 14.4 Å². The highest BCUT2D eigenvalue weighted by atomic mass is 32.1. The Bertz CT molecular complexity index is 1190. The number of halogens is 1. The summed E-state index contributed by atoms with van der Waals surface area (Å²) in [5.74, 6) is -2.43. The largest absolute Gasteiger partial charge is 0.382 e. The first-order chi connectivity index (χ1) is 15.2. The quantitative estimate of drug-likeness (QED) is 0.432. The van der Waals surface area contributed by atoms with Crippen LogP contribution in [0.25, 0.3) is 0 Å². The zero-order chi connectivity index (χ0) is 23.0. The lowest BCUT2D eigenvalue weighted by molar-refractivity contribution is -0.118. The van der Waals surface area contributed by atoms with Crippen molar-refractivity contribution in [1.82, 2.24) is 15.5 Å². The Hall–Kier alpha value is -3.80. The number of benzene rings is 1. The fraction of sp³-hybridized carbons (Fsp3) is 0.250. The Kier molecular flexibility index (Phi) is 5.61. The van der Waals surface area contributed by atoms with Gasteiger partial charge in [0.15, 0.2) is 10.8 Å². The molecule has 0 bridgehead atoms. The molecule has 0 unspecified atom stereocenters. The Morgan fingerprint density at radius 1 is 1.28 bits per heavy atom. The number of primary amides is 1. The maximum absolute atomic E-state index is 13.4. The van der Waals surface area contributed by atoms with Crippen molar-refractivity contribution in [3.8, 4) is 0 Å². The molecule has 4 rings (SSSR count). The number of aromatic nitrogens is 2. The molecule has 2 amide bonds. The van der Waals surface area contributed by atoms with Gasteiger partial charge >= 0.3 is 0 Å². The number of nitrogens with one attached hydrogen (secondary N) is 1. The molecule has 2 heterocycles. The number of rotatable bonds is 8. The molecule has 10 nitrogen and oxygen atoms in total. The van der Waals surface area contributed by atoms with E-state index >= 15 is 0 Å². The van der Waals surface area contributed by atoms with Crippen molar-refractivity contribution in [2.75, 3.05) is 10.6 Å². The van der Waals surface area contributed by atoms with Gasteiger partial charge in [-0.05, 0) is 44.0 Å². The minimum atomic E-state index is -0.864. The van der Waals surface area contributed by atoms with Crippen molar-refractivity contribution < 1.29 is 23.3 Å². The average Bonchev–Trinajstić information content (AvgIpc) is 3.28. The lowest BCUT2D eigenvalue weighted by Crippen LogP contribution is -2.39. The van der Waals surface area contributed by atoms with Crippen molar-refractivity contribution in [1.29, 1.82) is 0 Å². The molecule has 1 fully saturated rings. The number of nitrogen functional groups attached to an aromatic ring is 1. The average molecular weight is 458 g/mol. The summed E-state index contributed by atoms with van der Waals surface area (Å²) in [6.07, 6.45) is 1.81. The number of hydrogen-bond acceptors (Lipinski definition) is 9. The summed E-state index contributed by atoms with van der Waals surface area (Å²) < 4.78 is 18.4. The van der Waals surface area contributed by atoms with Crippen LogP contribution < -0.4 is 21.7 Å². The van der Waals surface area contributed by atoms with Gasteiger partial charge in [-0.2, -0.15) is 0 Å². The highest BCUT2D eigenvalue weighted by Crippen LogP contribution is 2.36. The third-order valence-corrected chi connectivity index (χ3v) is 5.91. The van der Waals surface area contributed by atoms with E-state index in [2.05, 4.69) is 15.5 Å². The maximum atomic E-state index is 13.4. The number of anilines is 3. The molecule has 1 saturated carbocycles. The number of amides is 2. The van der Waals surface area contributed by atoms with Gasteiger partial charge in [0, 0.05) is 17.8 Å². The highest BCUT2D eigenvalue weighted by Gasteiger charge is 2.30. The van der Waals surface area contributed by atoms with E-state index in [1.165, 1.54) is 35.2 Å². The molecule has 12 heteroatoms. The van der Waals surface area contributed by atoms with E-state index in [1.807, 2.05) is 0 Å². The van der Waals surface area contributed by atoms with Crippen molar-refractivity contribution in [2.24, 2.45) is 5.73 Å². The topological polar surface area (TPSA) is 157 Å². The van der Waals surface area contributed by atoms with E-state index in [0.717, 1.165) is 24.2 Å². The second-order valence-electron chi connectivity index (χ2n) is 7.29. The van der Waals surface area contributed by atoms with Crippen LogP contribution in [0.1, 0.15) is 45.7 Å². The second kappa shape index (κ2) is 8.38. The summed E-state index contributed by atoms with van der Waals surface area (Å²) in [6, 6.07) is 5.86. The molecule has 1 aliphatic rings. The molecule has 2 aromatic heterocycles. The molecule has 32 heavy (non-hydrogen) atoms. The highest BCUT2D eigenvalue weighted by molar-refractivity contribution is 7.18. The smallest absolute Gasteiger partial charge is 0.273 e. The van der Waals surface area contributed by atoms with Crippen LogP contribution >= 0.6 is 11.3 Å². The fourth-order valence-electron chi connectivity index (χ4n) is 2.90. The van der Waals surface area contributed by atoms with Gasteiger partial charge in [-0.1, -0.05) is 16.5 Å². The van der Waals surface area contributed by atoms with Gasteiger partial charge in [-0.15, -0.1) is 0 Å². The van der Waals surface area contributed by atoms with E-state index in [-0.39, 0.29) is 33.3 Å². The van der Waals surface area contributed by atoms with Crippen molar-refractivity contribution in [3.05, 3.63) is 52.5 Å². The van der Waals surface area contributed by atoms with Crippen LogP contribution in [-0.2, 0) is 4.79 Å². The van der Waals surface area contributed by atoms with Gasteiger partial charge in [0.05, 0.1) is 0 Å². The Morgan fingerprint density at radius 3 is 2.59 bits per heavy atom. The lowest BCUT2D eigenvalue weighted by atomic mass is 10.2. The summed E-state index contributed by atoms with van der Waals surface area (Å²) in [5, 5.41) is 6.61. The molecule has 1 atom stereocenters. The van der Waals surface area contributed by atoms with Crippen LogP contribution in [0, 0.1) is 5.82 Å². The van der Waals surface area contributed by atoms with Gasteiger partial charge in [0.25, 0.3) is 5.91 Å². The summed E-state index contributed by atoms with van der Waals surface area (Å²) in [6.45, 7) is 1.55.